The van der Waals surface area contributed by atoms with Crippen LogP contribution in [0.5, 0.6) is 0 Å². The molecule has 7 heteroatoms. The molecule has 0 unspecified atom stereocenters. The van der Waals surface area contributed by atoms with Crippen molar-refractivity contribution in [2.24, 2.45) is 5.92 Å². The van der Waals surface area contributed by atoms with Gasteiger partial charge in [-0.05, 0) is 31.2 Å². The Labute approximate surface area is 152 Å². The largest absolute Gasteiger partial charge is 0.352 e. The van der Waals surface area contributed by atoms with Gasteiger partial charge in [-0.2, -0.15) is 0 Å². The molecule has 0 spiro atoms. The topological polar surface area (TPSA) is 83.4 Å². The van der Waals surface area contributed by atoms with Crippen LogP contribution in [0.25, 0.3) is 0 Å². The van der Waals surface area contributed by atoms with E-state index in [1.54, 1.807) is 11.0 Å². The highest BCUT2D eigenvalue weighted by Crippen LogP contribution is 2.38. The lowest BCUT2D eigenvalue weighted by Crippen LogP contribution is -2.52. The highest BCUT2D eigenvalue weighted by Gasteiger charge is 2.39. The van der Waals surface area contributed by atoms with Crippen molar-refractivity contribution in [2.75, 3.05) is 26.2 Å². The first-order chi connectivity index (χ1) is 12.6. The van der Waals surface area contributed by atoms with E-state index in [0.29, 0.717) is 31.3 Å². The van der Waals surface area contributed by atoms with Crippen molar-refractivity contribution in [2.45, 2.75) is 44.2 Å². The van der Waals surface area contributed by atoms with E-state index >= 15 is 0 Å². The maximum Gasteiger partial charge on any atom is 0.251 e. The number of pyridine rings is 1. The van der Waals surface area contributed by atoms with E-state index in [9.17, 15) is 14.4 Å². The number of carbonyl (C=O) groups excluding carboxylic acids is 2. The Morgan fingerprint density at radius 1 is 1.31 bits per heavy atom. The maximum atomic E-state index is 12.7. The fraction of sp³-hybridized carbons (Fsp3) is 0.632. The van der Waals surface area contributed by atoms with Gasteiger partial charge in [0.05, 0.1) is 6.04 Å². The number of piperidine rings is 1. The number of nitrogens with zero attached hydrogens (tertiary/aromatic N) is 2. The van der Waals surface area contributed by atoms with Gasteiger partial charge in [0.1, 0.15) is 6.04 Å². The van der Waals surface area contributed by atoms with Gasteiger partial charge in [-0.3, -0.25) is 14.4 Å². The summed E-state index contributed by atoms with van der Waals surface area (Å²) < 4.78 is 1.89. The standard InChI is InChI=1S/C19H26N4O3/c1-12(24)22-7-3-5-16(22)19(26)21-11-17-14-8-13(9-20-10-14)15-4-2-6-18(25)23(15)17/h2,4,6,13-14,16-17,20H,3,5,7-11H2,1H3,(H,21,26)/t13-,14+,16+,17+/m1/s1. The van der Waals surface area contributed by atoms with E-state index in [4.69, 9.17) is 0 Å². The molecule has 0 radical (unpaired) electrons. The average Bonchev–Trinajstić information content (AvgIpc) is 3.12. The second kappa shape index (κ2) is 6.87. The molecule has 140 valence electrons. The Morgan fingerprint density at radius 2 is 2.15 bits per heavy atom. The van der Waals surface area contributed by atoms with Crippen LogP contribution in [0.3, 0.4) is 0 Å². The van der Waals surface area contributed by atoms with Crippen molar-refractivity contribution in [3.8, 4) is 0 Å². The zero-order chi connectivity index (χ0) is 18.3. The quantitative estimate of drug-likeness (QED) is 0.810. The minimum Gasteiger partial charge on any atom is -0.352 e. The molecule has 7 nitrogen and oxygen atoms in total. The van der Waals surface area contributed by atoms with E-state index in [2.05, 4.69) is 10.6 Å². The van der Waals surface area contributed by atoms with Crippen molar-refractivity contribution in [1.82, 2.24) is 20.1 Å². The first-order valence-electron chi connectivity index (χ1n) is 9.53. The monoisotopic (exact) mass is 358 g/mol. The lowest BCUT2D eigenvalue weighted by molar-refractivity contribution is -0.137. The summed E-state index contributed by atoms with van der Waals surface area (Å²) in [5.74, 6) is 0.530. The van der Waals surface area contributed by atoms with Crippen molar-refractivity contribution >= 4 is 11.8 Å². The number of fused-ring (bicyclic) bond motifs is 4. The van der Waals surface area contributed by atoms with Crippen LogP contribution < -0.4 is 16.2 Å². The van der Waals surface area contributed by atoms with Crippen LogP contribution in [-0.2, 0) is 9.59 Å². The molecular weight excluding hydrogens is 332 g/mol. The fourth-order valence-corrected chi connectivity index (χ4v) is 4.91. The van der Waals surface area contributed by atoms with Gasteiger partial charge < -0.3 is 20.1 Å². The Kier molecular flexibility index (Phi) is 4.56. The molecule has 2 amide bonds. The van der Waals surface area contributed by atoms with Crippen LogP contribution in [0, 0.1) is 5.92 Å². The lowest BCUT2D eigenvalue weighted by atomic mass is 9.79. The molecule has 0 aromatic carbocycles. The summed E-state index contributed by atoms with van der Waals surface area (Å²) in [6.45, 7) is 4.34. The van der Waals surface area contributed by atoms with Crippen LogP contribution in [0.4, 0.5) is 0 Å². The molecule has 2 bridgehead atoms. The van der Waals surface area contributed by atoms with Gasteiger partial charge >= 0.3 is 0 Å². The molecule has 0 aliphatic carbocycles. The zero-order valence-electron chi connectivity index (χ0n) is 15.1. The molecule has 1 aromatic rings. The van der Waals surface area contributed by atoms with Gasteiger partial charge in [0.15, 0.2) is 0 Å². The first kappa shape index (κ1) is 17.3. The van der Waals surface area contributed by atoms with Crippen LogP contribution in [0.1, 0.15) is 43.8 Å². The van der Waals surface area contributed by atoms with Crippen molar-refractivity contribution in [3.05, 3.63) is 34.2 Å². The summed E-state index contributed by atoms with van der Waals surface area (Å²) in [6.07, 6.45) is 2.61. The summed E-state index contributed by atoms with van der Waals surface area (Å²) in [4.78, 5) is 38.5. The highest BCUT2D eigenvalue weighted by atomic mass is 16.2. The number of likely N-dealkylation sites (tertiary alicyclic amines) is 1. The number of hydrogen-bond acceptors (Lipinski definition) is 4. The molecule has 1 aromatic heterocycles. The molecule has 26 heavy (non-hydrogen) atoms. The van der Waals surface area contributed by atoms with Gasteiger partial charge in [0.2, 0.25) is 11.8 Å². The van der Waals surface area contributed by atoms with Crippen molar-refractivity contribution < 1.29 is 9.59 Å². The van der Waals surface area contributed by atoms with Gasteiger partial charge in [-0.15, -0.1) is 0 Å². The number of hydrogen-bond donors (Lipinski definition) is 2. The van der Waals surface area contributed by atoms with Gasteiger partial charge in [-0.1, -0.05) is 6.07 Å². The van der Waals surface area contributed by atoms with Crippen LogP contribution in [-0.4, -0.2) is 53.5 Å². The second-order valence-electron chi connectivity index (χ2n) is 7.69. The third-order valence-corrected chi connectivity index (χ3v) is 6.15. The Hall–Kier alpha value is -2.15. The first-order valence-corrected chi connectivity index (χ1v) is 9.53. The minimum absolute atomic E-state index is 0.00424. The number of nitrogens with one attached hydrogen (secondary N) is 2. The van der Waals surface area contributed by atoms with Gasteiger partial charge in [-0.25, -0.2) is 0 Å². The molecule has 4 atom stereocenters. The van der Waals surface area contributed by atoms with Crippen molar-refractivity contribution in [1.29, 1.82) is 0 Å². The molecular formula is C19H26N4O3. The predicted octanol–water partition coefficient (Wildman–Crippen LogP) is 0.223. The fourth-order valence-electron chi connectivity index (χ4n) is 4.91. The summed E-state index contributed by atoms with van der Waals surface area (Å²) >= 11 is 0. The molecule has 2 saturated heterocycles. The summed E-state index contributed by atoms with van der Waals surface area (Å²) in [6, 6.07) is 5.03. The molecule has 2 N–H and O–H groups in total. The predicted molar refractivity (Wildman–Crippen MR) is 96.9 cm³/mol. The Bertz CT molecular complexity index is 774. The van der Waals surface area contributed by atoms with Gasteiger partial charge in [0, 0.05) is 50.8 Å². The van der Waals surface area contributed by atoms with Crippen molar-refractivity contribution in [3.63, 3.8) is 0 Å². The van der Waals surface area contributed by atoms with Crippen LogP contribution >= 0.6 is 0 Å². The lowest BCUT2D eigenvalue weighted by Gasteiger charge is -2.43. The van der Waals surface area contributed by atoms with E-state index < -0.39 is 0 Å². The maximum absolute atomic E-state index is 12.7. The molecule has 4 heterocycles. The molecule has 3 aliphatic heterocycles. The third-order valence-electron chi connectivity index (χ3n) is 6.15. The zero-order valence-corrected chi connectivity index (χ0v) is 15.1. The normalized spacial score (nSPS) is 30.0. The SMILES string of the molecule is CC(=O)N1CCC[C@H]1C(=O)NC[C@H]1[C@@H]2CNC[C@@H](C2)c2cccc(=O)n21. The minimum atomic E-state index is -0.375. The van der Waals surface area contributed by atoms with Gasteiger partial charge in [0.25, 0.3) is 5.56 Å². The number of carbonyl (C=O) groups is 2. The molecule has 0 saturated carbocycles. The highest BCUT2D eigenvalue weighted by molar-refractivity contribution is 5.87. The smallest absolute Gasteiger partial charge is 0.251 e. The van der Waals surface area contributed by atoms with Crippen LogP contribution in [0.15, 0.2) is 23.0 Å². The number of aromatic nitrogens is 1. The Balaban J connectivity index is 1.53. The van der Waals surface area contributed by atoms with Crippen LogP contribution in [0.2, 0.25) is 0 Å². The van der Waals surface area contributed by atoms with E-state index in [1.807, 2.05) is 16.7 Å². The summed E-state index contributed by atoms with van der Waals surface area (Å²) in [7, 11) is 0. The molecule has 2 fully saturated rings. The average molecular weight is 358 g/mol. The summed E-state index contributed by atoms with van der Waals surface area (Å²) in [5, 5.41) is 6.49. The molecule has 4 rings (SSSR count). The number of rotatable bonds is 3. The third kappa shape index (κ3) is 2.94. The Morgan fingerprint density at radius 3 is 2.96 bits per heavy atom. The van der Waals surface area contributed by atoms with E-state index in [0.717, 1.165) is 31.6 Å². The summed E-state index contributed by atoms with van der Waals surface area (Å²) in [5.41, 5.74) is 1.07. The number of amides is 2. The second-order valence-corrected chi connectivity index (χ2v) is 7.69. The van der Waals surface area contributed by atoms with E-state index in [1.165, 1.54) is 6.92 Å². The van der Waals surface area contributed by atoms with E-state index in [-0.39, 0.29) is 29.5 Å². The molecule has 3 aliphatic rings.